The number of hydrogen-bond acceptors (Lipinski definition) is 7. The van der Waals surface area contributed by atoms with Gasteiger partial charge in [0.2, 0.25) is 6.23 Å². The van der Waals surface area contributed by atoms with Gasteiger partial charge in [-0.1, -0.05) is 18.2 Å². The van der Waals surface area contributed by atoms with E-state index >= 15 is 0 Å². The maximum Gasteiger partial charge on any atom is 0.354 e. The molecule has 0 bridgehead atoms. The standard InChI is InChI=1S/C19H22N2O7/c1-11(2)16(19(25)26-4)21-17(24)15(18(21)28-12(3)22)20-14(23)10-27-13-8-6-5-7-9-13/h5-9,15,18H,10H2,1-4H3,(H,20,23)/t15-,18+/m1/s1. The first-order valence-electron chi connectivity index (χ1n) is 8.49. The van der Waals surface area contributed by atoms with Crippen LogP contribution in [0.1, 0.15) is 20.8 Å². The van der Waals surface area contributed by atoms with Crippen LogP contribution in [0.25, 0.3) is 0 Å². The maximum absolute atomic E-state index is 12.6. The van der Waals surface area contributed by atoms with Crippen LogP contribution in [0.15, 0.2) is 41.6 Å². The van der Waals surface area contributed by atoms with Crippen molar-refractivity contribution in [3.8, 4) is 5.75 Å². The first-order chi connectivity index (χ1) is 13.3. The lowest BCUT2D eigenvalue weighted by atomic mass is 10.0. The van der Waals surface area contributed by atoms with E-state index in [1.54, 1.807) is 44.2 Å². The predicted molar refractivity (Wildman–Crippen MR) is 96.7 cm³/mol. The summed E-state index contributed by atoms with van der Waals surface area (Å²) < 4.78 is 15.2. The fourth-order valence-corrected chi connectivity index (χ4v) is 2.65. The third kappa shape index (κ3) is 4.67. The van der Waals surface area contributed by atoms with Gasteiger partial charge in [0.05, 0.1) is 7.11 Å². The fraction of sp³-hybridized carbons (Fsp3) is 0.368. The Morgan fingerprint density at radius 3 is 2.29 bits per heavy atom. The van der Waals surface area contributed by atoms with Crippen molar-refractivity contribution >= 4 is 23.8 Å². The van der Waals surface area contributed by atoms with Gasteiger partial charge in [-0.15, -0.1) is 0 Å². The molecule has 0 aromatic heterocycles. The van der Waals surface area contributed by atoms with E-state index in [1.165, 1.54) is 14.0 Å². The first-order valence-corrected chi connectivity index (χ1v) is 8.49. The lowest BCUT2D eigenvalue weighted by molar-refractivity contribution is -0.188. The smallest absolute Gasteiger partial charge is 0.354 e. The molecule has 1 fully saturated rings. The molecule has 0 saturated carbocycles. The van der Waals surface area contributed by atoms with Gasteiger partial charge < -0.3 is 19.5 Å². The highest BCUT2D eigenvalue weighted by Crippen LogP contribution is 2.29. The molecule has 0 aliphatic carbocycles. The zero-order chi connectivity index (χ0) is 20.8. The molecule has 1 aliphatic heterocycles. The highest BCUT2D eigenvalue weighted by Gasteiger charge is 2.54. The SMILES string of the molecule is COC(=O)C(=C(C)C)N1C(=O)[C@@H](NC(=O)COc2ccccc2)[C@@H]1OC(C)=O. The molecule has 9 heteroatoms. The number of esters is 2. The number of likely N-dealkylation sites (tertiary alicyclic amines) is 1. The van der Waals surface area contributed by atoms with Gasteiger partial charge >= 0.3 is 11.9 Å². The maximum atomic E-state index is 12.6. The first kappa shape index (κ1) is 20.9. The van der Waals surface area contributed by atoms with Gasteiger partial charge in [0.25, 0.3) is 11.8 Å². The van der Waals surface area contributed by atoms with Gasteiger partial charge in [0.15, 0.2) is 12.6 Å². The number of para-hydroxylation sites is 1. The summed E-state index contributed by atoms with van der Waals surface area (Å²) in [6, 6.07) is 7.55. The number of nitrogens with zero attached hydrogens (tertiary/aromatic N) is 1. The van der Waals surface area contributed by atoms with Crippen LogP contribution < -0.4 is 10.1 Å². The van der Waals surface area contributed by atoms with E-state index in [0.29, 0.717) is 11.3 Å². The minimum atomic E-state index is -1.16. The summed E-state index contributed by atoms with van der Waals surface area (Å²) in [5.41, 5.74) is 0.458. The second-order valence-corrected chi connectivity index (χ2v) is 6.20. The summed E-state index contributed by atoms with van der Waals surface area (Å²) in [5, 5.41) is 2.47. The molecule has 1 aromatic carbocycles. The van der Waals surface area contributed by atoms with E-state index in [1.807, 2.05) is 0 Å². The largest absolute Gasteiger partial charge is 0.484 e. The average molecular weight is 390 g/mol. The molecular formula is C19H22N2O7. The topological polar surface area (TPSA) is 111 Å². The van der Waals surface area contributed by atoms with Crippen molar-refractivity contribution < 1.29 is 33.4 Å². The number of amides is 2. The Morgan fingerprint density at radius 1 is 1.11 bits per heavy atom. The summed E-state index contributed by atoms with van der Waals surface area (Å²) >= 11 is 0. The van der Waals surface area contributed by atoms with Gasteiger partial charge in [-0.3, -0.25) is 19.3 Å². The molecule has 28 heavy (non-hydrogen) atoms. The third-order valence-corrected chi connectivity index (χ3v) is 3.85. The second kappa shape index (κ2) is 9.03. The molecule has 0 spiro atoms. The highest BCUT2D eigenvalue weighted by atomic mass is 16.6. The number of carbonyl (C=O) groups is 4. The van der Waals surface area contributed by atoms with Gasteiger partial charge in [0, 0.05) is 6.92 Å². The van der Waals surface area contributed by atoms with Crippen molar-refractivity contribution in [3.63, 3.8) is 0 Å². The summed E-state index contributed by atoms with van der Waals surface area (Å²) in [6.45, 7) is 4.07. The molecule has 9 nitrogen and oxygen atoms in total. The molecule has 0 radical (unpaired) electrons. The molecule has 0 unspecified atom stereocenters. The van der Waals surface area contributed by atoms with Crippen LogP contribution in [0, 0.1) is 0 Å². The van der Waals surface area contributed by atoms with Crippen LogP contribution in [0.2, 0.25) is 0 Å². The van der Waals surface area contributed by atoms with Crippen LogP contribution >= 0.6 is 0 Å². The minimum absolute atomic E-state index is 0.0372. The van der Waals surface area contributed by atoms with Crippen molar-refractivity contribution in [2.45, 2.75) is 33.0 Å². The second-order valence-electron chi connectivity index (χ2n) is 6.20. The van der Waals surface area contributed by atoms with E-state index < -0.39 is 36.0 Å². The molecular weight excluding hydrogens is 368 g/mol. The number of hydrogen-bond donors (Lipinski definition) is 1. The van der Waals surface area contributed by atoms with Crippen LogP contribution in [0.3, 0.4) is 0 Å². The zero-order valence-electron chi connectivity index (χ0n) is 16.1. The Kier molecular flexibility index (Phi) is 6.75. The Bertz CT molecular complexity index is 800. The number of rotatable bonds is 7. The van der Waals surface area contributed by atoms with Gasteiger partial charge in [-0.2, -0.15) is 0 Å². The van der Waals surface area contributed by atoms with Crippen molar-refractivity contribution in [1.29, 1.82) is 0 Å². The Hall–Kier alpha value is -3.36. The number of β-lactam (4-membered cyclic amide) rings is 1. The molecule has 150 valence electrons. The molecule has 1 aliphatic rings. The molecule has 1 aromatic rings. The number of ether oxygens (including phenoxy) is 3. The van der Waals surface area contributed by atoms with Gasteiger partial charge in [-0.25, -0.2) is 4.79 Å². The van der Waals surface area contributed by atoms with Crippen molar-refractivity contribution in [2.75, 3.05) is 13.7 Å². The summed E-state index contributed by atoms with van der Waals surface area (Å²) in [5.74, 6) is -2.09. The minimum Gasteiger partial charge on any atom is -0.484 e. The Labute approximate surface area is 162 Å². The number of carbonyl (C=O) groups excluding carboxylic acids is 4. The van der Waals surface area contributed by atoms with E-state index in [4.69, 9.17) is 14.2 Å². The number of allylic oxidation sites excluding steroid dienone is 1. The zero-order valence-corrected chi connectivity index (χ0v) is 16.1. The third-order valence-electron chi connectivity index (χ3n) is 3.85. The number of nitrogens with one attached hydrogen (secondary N) is 1. The lowest BCUT2D eigenvalue weighted by Gasteiger charge is -2.45. The van der Waals surface area contributed by atoms with Crippen molar-refractivity contribution in [3.05, 3.63) is 41.6 Å². The Morgan fingerprint density at radius 2 is 1.75 bits per heavy atom. The Balaban J connectivity index is 2.10. The predicted octanol–water partition coefficient (Wildman–Crippen LogP) is 0.748. The summed E-state index contributed by atoms with van der Waals surface area (Å²) in [7, 11) is 1.18. The van der Waals surface area contributed by atoms with Crippen molar-refractivity contribution in [1.82, 2.24) is 10.2 Å². The van der Waals surface area contributed by atoms with E-state index in [-0.39, 0.29) is 12.3 Å². The highest BCUT2D eigenvalue weighted by molar-refractivity contribution is 6.01. The molecule has 2 rings (SSSR count). The van der Waals surface area contributed by atoms with Crippen LogP contribution in [-0.2, 0) is 28.7 Å². The quantitative estimate of drug-likeness (QED) is 0.415. The molecule has 1 heterocycles. The average Bonchev–Trinajstić information content (AvgIpc) is 2.67. The number of methoxy groups -OCH3 is 1. The normalized spacial score (nSPS) is 17.9. The van der Waals surface area contributed by atoms with Crippen LogP contribution in [0.5, 0.6) is 5.75 Å². The van der Waals surface area contributed by atoms with Crippen LogP contribution in [-0.4, -0.2) is 54.6 Å². The molecule has 1 N–H and O–H groups in total. The lowest BCUT2D eigenvalue weighted by Crippen LogP contribution is -2.72. The fourth-order valence-electron chi connectivity index (χ4n) is 2.65. The van der Waals surface area contributed by atoms with Gasteiger partial charge in [0.1, 0.15) is 11.4 Å². The van der Waals surface area contributed by atoms with E-state index in [2.05, 4.69) is 5.32 Å². The monoisotopic (exact) mass is 390 g/mol. The van der Waals surface area contributed by atoms with Gasteiger partial charge in [-0.05, 0) is 31.6 Å². The molecule has 2 atom stereocenters. The van der Waals surface area contributed by atoms with E-state index in [0.717, 1.165) is 4.90 Å². The number of benzene rings is 1. The molecule has 1 saturated heterocycles. The van der Waals surface area contributed by atoms with E-state index in [9.17, 15) is 19.2 Å². The summed E-state index contributed by atoms with van der Waals surface area (Å²) in [4.78, 5) is 49.2. The summed E-state index contributed by atoms with van der Waals surface area (Å²) in [6.07, 6.45) is -1.16. The molecule has 2 amide bonds. The van der Waals surface area contributed by atoms with Crippen molar-refractivity contribution in [2.24, 2.45) is 0 Å². The van der Waals surface area contributed by atoms with Crippen LogP contribution in [0.4, 0.5) is 0 Å².